The van der Waals surface area contributed by atoms with E-state index in [1.807, 2.05) is 0 Å². The molecular formula is C19H15F3N6O4. The third-order valence-corrected chi connectivity index (χ3v) is 4.85. The third-order valence-electron chi connectivity index (χ3n) is 4.85. The first-order chi connectivity index (χ1) is 15.1. The van der Waals surface area contributed by atoms with Crippen molar-refractivity contribution in [2.75, 3.05) is 11.9 Å². The molecule has 1 atom stereocenters. The summed E-state index contributed by atoms with van der Waals surface area (Å²) in [5.74, 6) is -1.46. The minimum Gasteiger partial charge on any atom is -0.466 e. The zero-order valence-electron chi connectivity index (χ0n) is 16.4. The van der Waals surface area contributed by atoms with E-state index in [2.05, 4.69) is 20.7 Å². The Morgan fingerprint density at radius 3 is 2.69 bits per heavy atom. The maximum atomic E-state index is 13.2. The van der Waals surface area contributed by atoms with Gasteiger partial charge in [-0.25, -0.2) is 14.5 Å². The van der Waals surface area contributed by atoms with E-state index in [9.17, 15) is 27.6 Å². The van der Waals surface area contributed by atoms with Crippen LogP contribution in [0.4, 0.5) is 23.7 Å². The van der Waals surface area contributed by atoms with Gasteiger partial charge in [0.2, 0.25) is 5.91 Å². The summed E-state index contributed by atoms with van der Waals surface area (Å²) in [6.45, 7) is 0.688. The van der Waals surface area contributed by atoms with E-state index < -0.39 is 41.7 Å². The number of rotatable bonds is 5. The van der Waals surface area contributed by atoms with Crippen LogP contribution >= 0.6 is 0 Å². The second kappa shape index (κ2) is 7.51. The van der Waals surface area contributed by atoms with Crippen molar-refractivity contribution < 1.29 is 32.0 Å². The largest absolute Gasteiger partial charge is 0.466 e. The Balaban J connectivity index is 1.58. The molecule has 0 radical (unpaired) electrons. The molecule has 4 amide bonds. The zero-order valence-corrected chi connectivity index (χ0v) is 16.4. The summed E-state index contributed by atoms with van der Waals surface area (Å²) in [7, 11) is 0. The maximum Gasteiger partial charge on any atom is 0.416 e. The normalized spacial score (nSPS) is 18.7. The molecule has 32 heavy (non-hydrogen) atoms. The van der Waals surface area contributed by atoms with E-state index in [-0.39, 0.29) is 17.1 Å². The van der Waals surface area contributed by atoms with Crippen LogP contribution in [-0.2, 0) is 21.3 Å². The fraction of sp³-hybridized carbons (Fsp3) is 0.211. The quantitative estimate of drug-likeness (QED) is 0.578. The number of aromatic nitrogens is 3. The Kier molecular flexibility index (Phi) is 4.95. The van der Waals surface area contributed by atoms with Crippen LogP contribution in [0.2, 0.25) is 0 Å². The number of benzene rings is 1. The number of nitrogens with one attached hydrogen (secondary N) is 2. The first-order valence-electron chi connectivity index (χ1n) is 9.14. The second-order valence-electron chi connectivity index (χ2n) is 7.04. The molecule has 2 N–H and O–H groups in total. The van der Waals surface area contributed by atoms with Gasteiger partial charge in [-0.05, 0) is 37.3 Å². The topological polar surface area (TPSA) is 122 Å². The number of urea groups is 1. The van der Waals surface area contributed by atoms with Crippen molar-refractivity contribution in [2.45, 2.75) is 18.6 Å². The van der Waals surface area contributed by atoms with E-state index >= 15 is 0 Å². The van der Waals surface area contributed by atoms with Gasteiger partial charge in [0.1, 0.15) is 25.0 Å². The third kappa shape index (κ3) is 3.68. The summed E-state index contributed by atoms with van der Waals surface area (Å²) in [6.07, 6.45) is -0.915. The molecule has 3 aromatic rings. The van der Waals surface area contributed by atoms with E-state index in [0.29, 0.717) is 4.90 Å². The molecule has 4 rings (SSSR count). The van der Waals surface area contributed by atoms with Crippen molar-refractivity contribution in [3.63, 3.8) is 0 Å². The van der Waals surface area contributed by atoms with Crippen LogP contribution in [0.5, 0.6) is 0 Å². The second-order valence-corrected chi connectivity index (χ2v) is 7.04. The summed E-state index contributed by atoms with van der Waals surface area (Å²) >= 11 is 0. The molecule has 13 heteroatoms. The highest BCUT2D eigenvalue weighted by Crippen LogP contribution is 2.33. The number of imide groups is 1. The van der Waals surface area contributed by atoms with Gasteiger partial charge in [0, 0.05) is 0 Å². The lowest BCUT2D eigenvalue weighted by molar-refractivity contribution is -0.137. The lowest BCUT2D eigenvalue weighted by atomic mass is 9.99. The maximum absolute atomic E-state index is 13.2. The van der Waals surface area contributed by atoms with Gasteiger partial charge in [-0.2, -0.15) is 18.3 Å². The first kappa shape index (κ1) is 21.1. The summed E-state index contributed by atoms with van der Waals surface area (Å²) < 4.78 is 45.9. The van der Waals surface area contributed by atoms with E-state index in [4.69, 9.17) is 4.42 Å². The van der Waals surface area contributed by atoms with Gasteiger partial charge in [-0.3, -0.25) is 14.5 Å². The fourth-order valence-electron chi connectivity index (χ4n) is 3.25. The van der Waals surface area contributed by atoms with Crippen LogP contribution in [0.3, 0.4) is 0 Å². The average Bonchev–Trinajstić information content (AvgIpc) is 3.47. The minimum absolute atomic E-state index is 0.112. The molecule has 0 saturated carbocycles. The molecule has 166 valence electrons. The minimum atomic E-state index is -4.66. The monoisotopic (exact) mass is 448 g/mol. The Morgan fingerprint density at radius 1 is 1.28 bits per heavy atom. The number of carbonyl (C=O) groups excluding carboxylic acids is 3. The smallest absolute Gasteiger partial charge is 0.416 e. The SMILES string of the molecule is C[C@@]1(c2ccco2)NC(=O)N(CC(=O)Nc2cc(C(F)(F)F)ccc2-n2cncn2)C1=O. The number of furan rings is 1. The van der Waals surface area contributed by atoms with Crippen molar-refractivity contribution in [3.05, 3.63) is 60.6 Å². The Labute approximate surface area is 178 Å². The summed E-state index contributed by atoms with van der Waals surface area (Å²) in [5, 5.41) is 8.63. The number of anilines is 1. The van der Waals surface area contributed by atoms with Crippen molar-refractivity contribution in [2.24, 2.45) is 0 Å². The molecule has 1 fully saturated rings. The van der Waals surface area contributed by atoms with Gasteiger partial charge < -0.3 is 15.1 Å². The lowest BCUT2D eigenvalue weighted by Gasteiger charge is -2.19. The van der Waals surface area contributed by atoms with Crippen LogP contribution in [0.25, 0.3) is 5.69 Å². The van der Waals surface area contributed by atoms with Crippen molar-refractivity contribution in [1.29, 1.82) is 0 Å². The fourth-order valence-corrected chi connectivity index (χ4v) is 3.25. The molecular weight excluding hydrogens is 433 g/mol. The Bertz CT molecular complexity index is 1180. The van der Waals surface area contributed by atoms with Crippen molar-refractivity contribution >= 4 is 23.5 Å². The van der Waals surface area contributed by atoms with E-state index in [1.165, 1.54) is 38.0 Å². The highest BCUT2D eigenvalue weighted by atomic mass is 19.4. The van der Waals surface area contributed by atoms with E-state index in [0.717, 1.165) is 22.9 Å². The summed E-state index contributed by atoms with van der Waals surface area (Å²) in [6, 6.07) is 4.87. The standard InChI is InChI=1S/C19H15F3N6O4/c1-18(14-3-2-6-32-14)16(30)27(17(31)26-18)8-15(29)25-12-7-11(19(20,21)22)4-5-13(12)28-10-23-9-24-28/h2-7,9-10H,8H2,1H3,(H,25,29)(H,26,31)/t18-/m0/s1. The molecule has 1 saturated heterocycles. The Morgan fingerprint density at radius 2 is 2.06 bits per heavy atom. The predicted octanol–water partition coefficient (Wildman–Crippen LogP) is 2.28. The van der Waals surface area contributed by atoms with Gasteiger partial charge >= 0.3 is 12.2 Å². The van der Waals surface area contributed by atoms with Gasteiger partial charge in [0.15, 0.2) is 5.54 Å². The molecule has 3 heterocycles. The number of amides is 4. The van der Waals surface area contributed by atoms with Gasteiger partial charge in [0.05, 0.1) is 23.2 Å². The molecule has 0 unspecified atom stereocenters. The van der Waals surface area contributed by atoms with Gasteiger partial charge in [0.25, 0.3) is 5.91 Å². The molecule has 0 spiro atoms. The number of halogens is 3. The van der Waals surface area contributed by atoms with Crippen LogP contribution < -0.4 is 10.6 Å². The number of carbonyl (C=O) groups is 3. The van der Waals surface area contributed by atoms with Gasteiger partial charge in [-0.15, -0.1) is 0 Å². The number of hydrogen-bond donors (Lipinski definition) is 2. The van der Waals surface area contributed by atoms with Crippen molar-refractivity contribution in [3.8, 4) is 5.69 Å². The molecule has 0 aliphatic carbocycles. The first-order valence-corrected chi connectivity index (χ1v) is 9.14. The number of alkyl halides is 3. The number of nitrogens with zero attached hydrogens (tertiary/aromatic N) is 4. The summed E-state index contributed by atoms with van der Waals surface area (Å²) in [5.41, 5.74) is -2.63. The molecule has 1 aliphatic rings. The van der Waals surface area contributed by atoms with E-state index in [1.54, 1.807) is 0 Å². The predicted molar refractivity (Wildman–Crippen MR) is 101 cm³/mol. The molecule has 10 nitrogen and oxygen atoms in total. The highest BCUT2D eigenvalue weighted by Gasteiger charge is 2.51. The zero-order chi connectivity index (χ0) is 23.1. The molecule has 1 aliphatic heterocycles. The Hall–Kier alpha value is -4.16. The number of hydrogen-bond acceptors (Lipinski definition) is 6. The van der Waals surface area contributed by atoms with Crippen LogP contribution in [0.15, 0.2) is 53.7 Å². The van der Waals surface area contributed by atoms with Crippen LogP contribution in [-0.4, -0.2) is 44.1 Å². The van der Waals surface area contributed by atoms with Crippen LogP contribution in [0.1, 0.15) is 18.2 Å². The van der Waals surface area contributed by atoms with Gasteiger partial charge in [-0.1, -0.05) is 0 Å². The average molecular weight is 448 g/mol. The molecule has 1 aromatic carbocycles. The van der Waals surface area contributed by atoms with Crippen LogP contribution in [0, 0.1) is 0 Å². The highest BCUT2D eigenvalue weighted by molar-refractivity contribution is 6.10. The summed E-state index contributed by atoms with van der Waals surface area (Å²) in [4.78, 5) is 42.1. The molecule has 2 aromatic heterocycles. The lowest BCUT2D eigenvalue weighted by Crippen LogP contribution is -2.41. The van der Waals surface area contributed by atoms with Crippen molar-refractivity contribution in [1.82, 2.24) is 25.0 Å². The molecule has 0 bridgehead atoms.